The normalized spacial score (nSPS) is 19.6. The molecular formula is C10H10Cl2N4O4. The summed E-state index contributed by atoms with van der Waals surface area (Å²) in [6.07, 6.45) is 3.08. The van der Waals surface area contributed by atoms with Gasteiger partial charge in [0.25, 0.3) is 0 Å². The quantitative estimate of drug-likeness (QED) is 0.521. The molecule has 0 aromatic heterocycles. The predicted molar refractivity (Wildman–Crippen MR) is 77.6 cm³/mol. The van der Waals surface area contributed by atoms with E-state index in [1.54, 1.807) is 24.5 Å². The second-order valence-corrected chi connectivity index (χ2v) is 4.43. The summed E-state index contributed by atoms with van der Waals surface area (Å²) >= 11 is 12.0. The summed E-state index contributed by atoms with van der Waals surface area (Å²) in [7, 11) is 0. The predicted octanol–water partition coefficient (Wildman–Crippen LogP) is 2.04. The Kier molecular flexibility index (Phi) is 5.83. The SMILES string of the molecule is O=[N+]([O-])[O-].OCC[N+]1(c2ccc(Cl)cc2Cl)C=NC=N1. The number of halogens is 2. The van der Waals surface area contributed by atoms with Crippen LogP contribution in [0.4, 0.5) is 5.69 Å². The Morgan fingerprint density at radius 2 is 2.00 bits per heavy atom. The van der Waals surface area contributed by atoms with Crippen LogP contribution in [0.1, 0.15) is 0 Å². The van der Waals surface area contributed by atoms with Crippen molar-refractivity contribution in [3.63, 3.8) is 0 Å². The van der Waals surface area contributed by atoms with Gasteiger partial charge in [0.2, 0.25) is 6.34 Å². The highest BCUT2D eigenvalue weighted by molar-refractivity contribution is 6.36. The van der Waals surface area contributed by atoms with Crippen molar-refractivity contribution >= 4 is 41.6 Å². The molecule has 1 aliphatic rings. The number of benzene rings is 1. The number of nitrogens with zero attached hydrogens (tertiary/aromatic N) is 4. The van der Waals surface area contributed by atoms with Crippen molar-refractivity contribution < 1.29 is 10.2 Å². The highest BCUT2D eigenvalue weighted by Crippen LogP contribution is 2.33. The molecule has 0 spiro atoms. The van der Waals surface area contributed by atoms with Crippen molar-refractivity contribution in [2.45, 2.75) is 0 Å². The van der Waals surface area contributed by atoms with Crippen LogP contribution in [0.15, 0.2) is 28.3 Å². The first kappa shape index (κ1) is 16.3. The van der Waals surface area contributed by atoms with E-state index in [0.29, 0.717) is 16.6 Å². The van der Waals surface area contributed by atoms with Crippen LogP contribution in [0.2, 0.25) is 10.0 Å². The molecule has 0 saturated carbocycles. The molecule has 2 rings (SSSR count). The van der Waals surface area contributed by atoms with E-state index in [9.17, 15) is 0 Å². The van der Waals surface area contributed by atoms with E-state index in [1.807, 2.05) is 0 Å². The smallest absolute Gasteiger partial charge is 0.223 e. The van der Waals surface area contributed by atoms with Gasteiger partial charge in [-0.2, -0.15) is 4.99 Å². The third-order valence-electron chi connectivity index (χ3n) is 2.35. The highest BCUT2D eigenvalue weighted by Gasteiger charge is 2.33. The summed E-state index contributed by atoms with van der Waals surface area (Å²) in [6, 6.07) is 5.17. The molecule has 0 saturated heterocycles. The molecule has 20 heavy (non-hydrogen) atoms. The average Bonchev–Trinajstić information content (AvgIpc) is 2.78. The Balaban J connectivity index is 0.000000444. The monoisotopic (exact) mass is 320 g/mol. The molecule has 0 amide bonds. The maximum atomic E-state index is 9.08. The lowest BCUT2D eigenvalue weighted by molar-refractivity contribution is -0.402. The zero-order valence-corrected chi connectivity index (χ0v) is 11.5. The van der Waals surface area contributed by atoms with Gasteiger partial charge in [0.1, 0.15) is 11.6 Å². The van der Waals surface area contributed by atoms with Crippen molar-refractivity contribution in [1.82, 2.24) is 4.59 Å². The topological polar surface area (TPSA) is 111 Å². The maximum Gasteiger partial charge on any atom is 0.223 e. The summed E-state index contributed by atoms with van der Waals surface area (Å²) < 4.78 is 0.0759. The van der Waals surface area contributed by atoms with Gasteiger partial charge < -0.3 is 20.4 Å². The molecule has 0 fully saturated rings. The zero-order valence-electron chi connectivity index (χ0n) is 10.0. The van der Waals surface area contributed by atoms with Gasteiger partial charge in [0.05, 0.1) is 11.7 Å². The molecule has 0 radical (unpaired) electrons. The van der Waals surface area contributed by atoms with Crippen molar-refractivity contribution in [2.24, 2.45) is 10.1 Å². The van der Waals surface area contributed by atoms with Gasteiger partial charge in [-0.3, -0.25) is 0 Å². The standard InChI is InChI=1S/C10H10Cl2N3O.NO3/c11-8-1-2-10(9(12)5-8)15(3-4-16)7-13-6-14-15;2-1(3)4/h1-2,5-7,16H,3-4H2;/q+1;-1. The van der Waals surface area contributed by atoms with Crippen LogP contribution in [0, 0.1) is 15.3 Å². The van der Waals surface area contributed by atoms with E-state index >= 15 is 0 Å². The molecule has 1 aliphatic heterocycles. The van der Waals surface area contributed by atoms with Crippen LogP contribution in [0.3, 0.4) is 0 Å². The molecule has 0 bridgehead atoms. The molecule has 0 aliphatic carbocycles. The molecule has 8 nitrogen and oxygen atoms in total. The van der Waals surface area contributed by atoms with Gasteiger partial charge in [-0.1, -0.05) is 28.3 Å². The van der Waals surface area contributed by atoms with Crippen molar-refractivity contribution in [3.8, 4) is 0 Å². The van der Waals surface area contributed by atoms with Gasteiger partial charge in [0.15, 0.2) is 12.0 Å². The lowest BCUT2D eigenvalue weighted by atomic mass is 10.3. The number of aliphatic hydroxyl groups is 1. The molecule has 1 unspecified atom stereocenters. The summed E-state index contributed by atoms with van der Waals surface area (Å²) in [5.74, 6) is 0. The molecule has 1 aromatic carbocycles. The largest absolute Gasteiger partial charge is 0.390 e. The van der Waals surface area contributed by atoms with E-state index in [4.69, 9.17) is 43.6 Å². The van der Waals surface area contributed by atoms with Crippen LogP contribution in [0.25, 0.3) is 0 Å². The van der Waals surface area contributed by atoms with E-state index in [-0.39, 0.29) is 11.2 Å². The minimum absolute atomic E-state index is 0.0116. The van der Waals surface area contributed by atoms with Crippen molar-refractivity contribution in [1.29, 1.82) is 0 Å². The Hall–Kier alpha value is -1.74. The third-order valence-corrected chi connectivity index (χ3v) is 2.89. The summed E-state index contributed by atoms with van der Waals surface area (Å²) in [5.41, 5.74) is 0.748. The first-order chi connectivity index (χ1) is 9.41. The van der Waals surface area contributed by atoms with E-state index in [2.05, 4.69) is 10.1 Å². The van der Waals surface area contributed by atoms with E-state index in [1.165, 1.54) is 6.34 Å². The van der Waals surface area contributed by atoms with Gasteiger partial charge in [-0.25, -0.2) is 0 Å². The molecule has 10 heteroatoms. The van der Waals surface area contributed by atoms with Gasteiger partial charge >= 0.3 is 0 Å². The number of aliphatic imine (C=N–C) groups is 1. The van der Waals surface area contributed by atoms with Crippen molar-refractivity contribution in [2.75, 3.05) is 13.2 Å². The fraction of sp³-hybridized carbons (Fsp3) is 0.200. The van der Waals surface area contributed by atoms with Crippen LogP contribution in [-0.4, -0.2) is 36.0 Å². The average molecular weight is 321 g/mol. The minimum atomic E-state index is -1.75. The minimum Gasteiger partial charge on any atom is -0.390 e. The third kappa shape index (κ3) is 4.14. The fourth-order valence-corrected chi connectivity index (χ4v) is 2.15. The number of aliphatic hydroxyl groups excluding tert-OH is 1. The molecule has 108 valence electrons. The summed E-state index contributed by atoms with van der Waals surface area (Å²) in [4.78, 5) is 12.2. The zero-order chi connectivity index (χ0) is 15.2. The molecule has 1 aromatic rings. The lowest BCUT2D eigenvalue weighted by Gasteiger charge is -2.23. The Morgan fingerprint density at radius 1 is 1.35 bits per heavy atom. The van der Waals surface area contributed by atoms with Gasteiger partial charge in [-0.15, -0.1) is 4.59 Å². The first-order valence-electron chi connectivity index (χ1n) is 5.25. The fourth-order valence-electron chi connectivity index (χ4n) is 1.60. The Morgan fingerprint density at radius 3 is 2.45 bits per heavy atom. The second-order valence-electron chi connectivity index (χ2n) is 3.59. The van der Waals surface area contributed by atoms with E-state index < -0.39 is 5.09 Å². The summed E-state index contributed by atoms with van der Waals surface area (Å²) in [5, 5.41) is 29.1. The Labute approximate surface area is 123 Å². The van der Waals surface area contributed by atoms with Crippen molar-refractivity contribution in [3.05, 3.63) is 43.6 Å². The number of hydrogen-bond donors (Lipinski definition) is 1. The number of rotatable bonds is 3. The van der Waals surface area contributed by atoms with Crippen LogP contribution < -0.4 is 4.59 Å². The molecule has 1 N–H and O–H groups in total. The number of hydrogen-bond acceptors (Lipinski definition) is 6. The maximum absolute atomic E-state index is 9.08. The van der Waals surface area contributed by atoms with Crippen LogP contribution in [-0.2, 0) is 0 Å². The number of quaternary nitrogens is 1. The first-order valence-corrected chi connectivity index (χ1v) is 6.01. The molecule has 1 heterocycles. The summed E-state index contributed by atoms with van der Waals surface area (Å²) in [6.45, 7) is 0.379. The highest BCUT2D eigenvalue weighted by atomic mass is 35.5. The molecule has 1 atom stereocenters. The van der Waals surface area contributed by atoms with E-state index in [0.717, 1.165) is 5.69 Å². The second kappa shape index (κ2) is 7.15. The lowest BCUT2D eigenvalue weighted by Crippen LogP contribution is -2.43. The van der Waals surface area contributed by atoms with Gasteiger partial charge in [-0.05, 0) is 12.1 Å². The van der Waals surface area contributed by atoms with Gasteiger partial charge in [0, 0.05) is 11.1 Å². The van der Waals surface area contributed by atoms with Crippen LogP contribution >= 0.6 is 23.2 Å². The Bertz CT molecular complexity index is 534. The van der Waals surface area contributed by atoms with Crippen LogP contribution in [0.5, 0.6) is 0 Å². The molecular weight excluding hydrogens is 311 g/mol.